The summed E-state index contributed by atoms with van der Waals surface area (Å²) in [4.78, 5) is 15.6. The summed E-state index contributed by atoms with van der Waals surface area (Å²) in [5, 5.41) is 0. The number of hydrogen-bond donors (Lipinski definition) is 0. The molecule has 0 aliphatic heterocycles. The Morgan fingerprint density at radius 3 is 2.00 bits per heavy atom. The van der Waals surface area contributed by atoms with E-state index in [4.69, 9.17) is 4.74 Å². The Hall–Kier alpha value is -1.06. The van der Waals surface area contributed by atoms with Gasteiger partial charge < -0.3 is 4.74 Å². The minimum atomic E-state index is -0.475. The van der Waals surface area contributed by atoms with Crippen molar-refractivity contribution >= 4 is 18.4 Å². The average molecular weight is 396 g/mol. The molecule has 0 spiro atoms. The molecule has 1 aromatic rings. The molecule has 1 aromatic carbocycles. The van der Waals surface area contributed by atoms with Gasteiger partial charge in [0.05, 0.1) is 5.41 Å². The van der Waals surface area contributed by atoms with Gasteiger partial charge in [-0.25, -0.2) is 0 Å². The third-order valence-corrected chi connectivity index (χ3v) is 6.08. The molecule has 154 valence electrons. The fraction of sp³-hybridized carbons (Fsp3) is 0.696. The second-order valence-electron chi connectivity index (χ2n) is 9.17. The van der Waals surface area contributed by atoms with E-state index in [9.17, 15) is 4.79 Å². The van der Waals surface area contributed by atoms with Crippen molar-refractivity contribution in [2.75, 3.05) is 13.2 Å². The van der Waals surface area contributed by atoms with Crippen molar-refractivity contribution in [1.29, 1.82) is 0 Å². The van der Waals surface area contributed by atoms with Crippen LogP contribution >= 0.6 is 12.4 Å². The second-order valence-corrected chi connectivity index (χ2v) is 9.17. The molecule has 0 amide bonds. The van der Waals surface area contributed by atoms with Crippen LogP contribution in [0.3, 0.4) is 0 Å². The summed E-state index contributed by atoms with van der Waals surface area (Å²) in [6, 6.07) is 11.2. The quantitative estimate of drug-likeness (QED) is 0.562. The standard InChI is InChI=1S/C23H37NO2.ClH/c1-18(2)24(19(3)4)16-17-26-21(25)23(20-10-8-7-9-11-20)14-12-22(5,6)13-15-23;/h7-11,18-19H,12-17H2,1-6H3;1H. The highest BCUT2D eigenvalue weighted by Gasteiger charge is 2.46. The third-order valence-electron chi connectivity index (χ3n) is 6.08. The van der Waals surface area contributed by atoms with Crippen LogP contribution in [0.2, 0.25) is 0 Å². The van der Waals surface area contributed by atoms with Crippen molar-refractivity contribution in [1.82, 2.24) is 4.90 Å². The Kier molecular flexibility index (Phi) is 8.82. The normalized spacial score (nSPS) is 18.4. The molecule has 0 heterocycles. The van der Waals surface area contributed by atoms with E-state index in [1.165, 1.54) is 0 Å². The highest BCUT2D eigenvalue weighted by atomic mass is 35.5. The number of rotatable bonds is 7. The van der Waals surface area contributed by atoms with Gasteiger partial charge in [0, 0.05) is 18.6 Å². The monoisotopic (exact) mass is 395 g/mol. The Labute approximate surface area is 172 Å². The van der Waals surface area contributed by atoms with Crippen LogP contribution in [0.15, 0.2) is 30.3 Å². The molecule has 1 fully saturated rings. The largest absolute Gasteiger partial charge is 0.464 e. The number of carbonyl (C=O) groups is 1. The van der Waals surface area contributed by atoms with Crippen LogP contribution in [0.1, 0.15) is 72.8 Å². The minimum absolute atomic E-state index is 0. The van der Waals surface area contributed by atoms with Gasteiger partial charge in [0.2, 0.25) is 0 Å². The maximum atomic E-state index is 13.2. The summed E-state index contributed by atoms with van der Waals surface area (Å²) in [6.07, 6.45) is 3.87. The molecule has 0 bridgehead atoms. The van der Waals surface area contributed by atoms with Gasteiger partial charge in [-0.3, -0.25) is 9.69 Å². The highest BCUT2D eigenvalue weighted by molar-refractivity contribution is 5.85. The molecule has 1 saturated carbocycles. The van der Waals surface area contributed by atoms with Crippen molar-refractivity contribution in [2.45, 2.75) is 84.7 Å². The van der Waals surface area contributed by atoms with Crippen molar-refractivity contribution in [2.24, 2.45) is 5.41 Å². The minimum Gasteiger partial charge on any atom is -0.464 e. The fourth-order valence-corrected chi connectivity index (χ4v) is 4.22. The molecule has 0 aromatic heterocycles. The lowest BCUT2D eigenvalue weighted by atomic mass is 9.62. The van der Waals surface area contributed by atoms with E-state index in [0.717, 1.165) is 37.8 Å². The zero-order valence-corrected chi connectivity index (χ0v) is 18.8. The molecule has 4 heteroatoms. The molecule has 1 aliphatic carbocycles. The molecule has 0 unspecified atom stereocenters. The summed E-state index contributed by atoms with van der Waals surface area (Å²) in [6.45, 7) is 14.6. The zero-order chi connectivity index (χ0) is 19.4. The number of halogens is 1. The number of benzene rings is 1. The average Bonchev–Trinajstić information content (AvgIpc) is 2.59. The van der Waals surface area contributed by atoms with Gasteiger partial charge in [-0.15, -0.1) is 12.4 Å². The summed E-state index contributed by atoms with van der Waals surface area (Å²) in [7, 11) is 0. The number of hydrogen-bond acceptors (Lipinski definition) is 3. The summed E-state index contributed by atoms with van der Waals surface area (Å²) in [5.74, 6) is -0.0355. The van der Waals surface area contributed by atoms with Crippen molar-refractivity contribution in [3.05, 3.63) is 35.9 Å². The fourth-order valence-electron chi connectivity index (χ4n) is 4.22. The Bertz CT molecular complexity index is 565. The molecule has 0 atom stereocenters. The maximum Gasteiger partial charge on any atom is 0.316 e. The predicted molar refractivity (Wildman–Crippen MR) is 116 cm³/mol. The van der Waals surface area contributed by atoms with Gasteiger partial charge in [-0.1, -0.05) is 44.2 Å². The van der Waals surface area contributed by atoms with E-state index < -0.39 is 5.41 Å². The third kappa shape index (κ3) is 5.96. The molecular formula is C23H38ClNO2. The van der Waals surface area contributed by atoms with Crippen LogP contribution in [0.25, 0.3) is 0 Å². The molecule has 1 aliphatic rings. The lowest BCUT2D eigenvalue weighted by molar-refractivity contribution is -0.154. The van der Waals surface area contributed by atoms with E-state index >= 15 is 0 Å². The Balaban J connectivity index is 0.00000364. The van der Waals surface area contributed by atoms with Gasteiger partial charge in [-0.2, -0.15) is 0 Å². The van der Waals surface area contributed by atoms with Crippen LogP contribution in [0.5, 0.6) is 0 Å². The maximum absolute atomic E-state index is 13.2. The number of nitrogens with zero attached hydrogens (tertiary/aromatic N) is 1. The van der Waals surface area contributed by atoms with E-state index in [-0.39, 0.29) is 18.4 Å². The molecule has 0 saturated heterocycles. The Morgan fingerprint density at radius 2 is 1.52 bits per heavy atom. The van der Waals surface area contributed by atoms with Crippen LogP contribution in [0, 0.1) is 5.41 Å². The first-order valence-electron chi connectivity index (χ1n) is 10.2. The predicted octanol–water partition coefficient (Wildman–Crippen LogP) is 5.61. The van der Waals surface area contributed by atoms with Gasteiger partial charge in [0.1, 0.15) is 6.61 Å². The SMILES string of the molecule is CC(C)N(CCOC(=O)C1(c2ccccc2)CCC(C)(C)CC1)C(C)C.Cl. The summed E-state index contributed by atoms with van der Waals surface area (Å²) >= 11 is 0. The first-order chi connectivity index (χ1) is 12.2. The first kappa shape index (κ1) is 24.0. The van der Waals surface area contributed by atoms with Crippen LogP contribution in [0.4, 0.5) is 0 Å². The summed E-state index contributed by atoms with van der Waals surface area (Å²) in [5.41, 5.74) is 0.951. The zero-order valence-electron chi connectivity index (χ0n) is 18.0. The molecule has 3 nitrogen and oxygen atoms in total. The number of carbonyl (C=O) groups excluding carboxylic acids is 1. The molecular weight excluding hydrogens is 358 g/mol. The molecule has 2 rings (SSSR count). The van der Waals surface area contributed by atoms with E-state index in [1.54, 1.807) is 0 Å². The van der Waals surface area contributed by atoms with Crippen LogP contribution < -0.4 is 0 Å². The van der Waals surface area contributed by atoms with Crippen LogP contribution in [-0.2, 0) is 14.9 Å². The van der Waals surface area contributed by atoms with Gasteiger partial charge >= 0.3 is 5.97 Å². The van der Waals surface area contributed by atoms with Gasteiger partial charge in [0.25, 0.3) is 0 Å². The van der Waals surface area contributed by atoms with Crippen molar-refractivity contribution < 1.29 is 9.53 Å². The van der Waals surface area contributed by atoms with Crippen molar-refractivity contribution in [3.63, 3.8) is 0 Å². The molecule has 27 heavy (non-hydrogen) atoms. The van der Waals surface area contributed by atoms with E-state index in [0.29, 0.717) is 24.1 Å². The van der Waals surface area contributed by atoms with E-state index in [1.807, 2.05) is 18.2 Å². The van der Waals surface area contributed by atoms with E-state index in [2.05, 4.69) is 58.6 Å². The van der Waals surface area contributed by atoms with Crippen LogP contribution in [-0.4, -0.2) is 36.1 Å². The second kappa shape index (κ2) is 9.93. The summed E-state index contributed by atoms with van der Waals surface area (Å²) < 4.78 is 5.86. The highest BCUT2D eigenvalue weighted by Crippen LogP contribution is 2.47. The Morgan fingerprint density at radius 1 is 1.00 bits per heavy atom. The van der Waals surface area contributed by atoms with Gasteiger partial charge in [-0.05, 0) is 64.4 Å². The number of ether oxygens (including phenoxy) is 1. The lowest BCUT2D eigenvalue weighted by Crippen LogP contribution is -2.44. The molecule has 0 radical (unpaired) electrons. The van der Waals surface area contributed by atoms with Gasteiger partial charge in [0.15, 0.2) is 0 Å². The van der Waals surface area contributed by atoms with Crippen molar-refractivity contribution in [3.8, 4) is 0 Å². The molecule has 0 N–H and O–H groups in total. The lowest BCUT2D eigenvalue weighted by Gasteiger charge is -2.42. The first-order valence-corrected chi connectivity index (χ1v) is 10.2. The topological polar surface area (TPSA) is 29.5 Å². The smallest absolute Gasteiger partial charge is 0.316 e. The number of esters is 1.